The zero-order chi connectivity index (χ0) is 22.1. The van der Waals surface area contributed by atoms with E-state index < -0.39 is 30.2 Å². The second kappa shape index (κ2) is 8.82. The molecule has 164 valence electrons. The molecule has 2 aromatic rings. The maximum absolute atomic E-state index is 13.3. The Kier molecular flexibility index (Phi) is 6.13. The molecule has 0 radical (unpaired) electrons. The van der Waals surface area contributed by atoms with Crippen molar-refractivity contribution in [3.63, 3.8) is 0 Å². The summed E-state index contributed by atoms with van der Waals surface area (Å²) in [5.74, 6) is -0.0624. The van der Waals surface area contributed by atoms with Gasteiger partial charge in [0.1, 0.15) is 11.9 Å². The van der Waals surface area contributed by atoms with E-state index in [1.54, 1.807) is 7.11 Å². The van der Waals surface area contributed by atoms with Crippen LogP contribution < -0.4 is 20.3 Å². The third-order valence-corrected chi connectivity index (χ3v) is 6.45. The molecule has 2 aromatic carbocycles. The molecular weight excluding hydrogens is 414 g/mol. The Hall–Kier alpha value is -2.68. The lowest BCUT2D eigenvalue weighted by Crippen LogP contribution is -2.60. The van der Waals surface area contributed by atoms with Gasteiger partial charge in [-0.15, -0.1) is 0 Å². The zero-order valence-corrected chi connectivity index (χ0v) is 18.3. The minimum Gasteiger partial charge on any atom is -0.496 e. The van der Waals surface area contributed by atoms with Gasteiger partial charge in [-0.3, -0.25) is 4.79 Å². The van der Waals surface area contributed by atoms with Crippen LogP contribution in [0.2, 0.25) is 0 Å². The molecule has 8 heteroatoms. The molecule has 0 spiro atoms. The number of carbonyl (C=O) groups is 1. The quantitative estimate of drug-likeness (QED) is 0.523. The van der Waals surface area contributed by atoms with Crippen molar-refractivity contribution in [2.75, 3.05) is 12.0 Å². The summed E-state index contributed by atoms with van der Waals surface area (Å²) in [5.41, 5.74) is 2.83. The molecule has 1 aliphatic heterocycles. The average Bonchev–Trinajstić information content (AvgIpc) is 3.12. The average molecular weight is 442 g/mol. The molecule has 2 fully saturated rings. The van der Waals surface area contributed by atoms with Crippen molar-refractivity contribution in [1.29, 1.82) is 0 Å². The van der Waals surface area contributed by atoms with Crippen molar-refractivity contribution in [3.8, 4) is 5.75 Å². The highest BCUT2D eigenvalue weighted by Crippen LogP contribution is 2.37. The van der Waals surface area contributed by atoms with E-state index in [4.69, 9.17) is 17.0 Å². The predicted octanol–water partition coefficient (Wildman–Crippen LogP) is 1.49. The monoisotopic (exact) mass is 441 g/mol. The van der Waals surface area contributed by atoms with Crippen LogP contribution >= 0.6 is 12.2 Å². The van der Waals surface area contributed by atoms with Gasteiger partial charge < -0.3 is 30.5 Å². The van der Waals surface area contributed by atoms with Crippen LogP contribution in [0.1, 0.15) is 17.5 Å². The van der Waals surface area contributed by atoms with Crippen LogP contribution in [-0.4, -0.2) is 52.6 Å². The van der Waals surface area contributed by atoms with Gasteiger partial charge in [-0.05, 0) is 43.8 Å². The van der Waals surface area contributed by atoms with Crippen molar-refractivity contribution in [1.82, 2.24) is 10.6 Å². The summed E-state index contributed by atoms with van der Waals surface area (Å²) >= 11 is 5.55. The molecule has 5 atom stereocenters. The summed E-state index contributed by atoms with van der Waals surface area (Å²) < 4.78 is 5.36. The molecule has 0 bridgehead atoms. The second-order valence-electron chi connectivity index (χ2n) is 8.10. The Morgan fingerprint density at radius 1 is 1.23 bits per heavy atom. The molecule has 31 heavy (non-hydrogen) atoms. The molecule has 2 aliphatic rings. The second-order valence-corrected chi connectivity index (χ2v) is 8.49. The largest absolute Gasteiger partial charge is 0.496 e. The number of aliphatic hydroxyl groups is 2. The SMILES string of the molecule is COc1ccccc1CNC(=O)[C@@H]1C[C@@H](O)[C@H](O)[C@@H]2NC(=S)N(c3ccc(C)cc3)[C@@H]21. The number of nitrogens with one attached hydrogen (secondary N) is 2. The smallest absolute Gasteiger partial charge is 0.225 e. The fourth-order valence-corrected chi connectivity index (χ4v) is 4.87. The number of fused-ring (bicyclic) bond motifs is 1. The molecule has 4 N–H and O–H groups in total. The minimum absolute atomic E-state index is 0.146. The lowest BCUT2D eigenvalue weighted by atomic mass is 9.77. The first-order chi connectivity index (χ1) is 14.9. The summed E-state index contributed by atoms with van der Waals surface area (Å²) in [4.78, 5) is 15.2. The molecule has 0 unspecified atom stereocenters. The number of carbonyl (C=O) groups excluding carboxylic acids is 1. The van der Waals surface area contributed by atoms with Crippen molar-refractivity contribution < 1.29 is 19.7 Å². The Labute approximate surface area is 187 Å². The number of hydrogen-bond acceptors (Lipinski definition) is 5. The van der Waals surface area contributed by atoms with Gasteiger partial charge in [0, 0.05) is 17.8 Å². The maximum atomic E-state index is 13.3. The number of ether oxygens (including phenoxy) is 1. The Morgan fingerprint density at radius 2 is 1.94 bits per heavy atom. The Bertz CT molecular complexity index is 968. The van der Waals surface area contributed by atoms with Crippen LogP contribution in [0.3, 0.4) is 0 Å². The summed E-state index contributed by atoms with van der Waals surface area (Å²) in [6.45, 7) is 2.31. The highest BCUT2D eigenvalue weighted by molar-refractivity contribution is 7.80. The number of aryl methyl sites for hydroxylation is 1. The van der Waals surface area contributed by atoms with Gasteiger partial charge >= 0.3 is 0 Å². The highest BCUT2D eigenvalue weighted by Gasteiger charge is 2.53. The van der Waals surface area contributed by atoms with Gasteiger partial charge in [-0.2, -0.15) is 0 Å². The van der Waals surface area contributed by atoms with E-state index in [1.807, 2.05) is 60.4 Å². The van der Waals surface area contributed by atoms with Gasteiger partial charge in [-0.1, -0.05) is 35.9 Å². The number of hydrogen-bond donors (Lipinski definition) is 4. The third kappa shape index (κ3) is 4.11. The first kappa shape index (κ1) is 21.5. The highest BCUT2D eigenvalue weighted by atomic mass is 32.1. The number of para-hydroxylation sites is 1. The van der Waals surface area contributed by atoms with E-state index in [0.717, 1.165) is 16.8 Å². The predicted molar refractivity (Wildman–Crippen MR) is 122 cm³/mol. The van der Waals surface area contributed by atoms with E-state index in [2.05, 4.69) is 10.6 Å². The summed E-state index contributed by atoms with van der Waals surface area (Å²) in [6.07, 6.45) is -1.89. The zero-order valence-electron chi connectivity index (χ0n) is 17.5. The maximum Gasteiger partial charge on any atom is 0.225 e. The number of methoxy groups -OCH3 is 1. The molecule has 1 heterocycles. The first-order valence-electron chi connectivity index (χ1n) is 10.3. The van der Waals surface area contributed by atoms with Gasteiger partial charge in [0.25, 0.3) is 0 Å². The molecule has 4 rings (SSSR count). The summed E-state index contributed by atoms with van der Waals surface area (Å²) in [7, 11) is 1.59. The lowest BCUT2D eigenvalue weighted by molar-refractivity contribution is -0.131. The lowest BCUT2D eigenvalue weighted by Gasteiger charge is -2.41. The van der Waals surface area contributed by atoms with E-state index in [1.165, 1.54) is 0 Å². The van der Waals surface area contributed by atoms with Crippen molar-refractivity contribution >= 4 is 28.9 Å². The number of benzene rings is 2. The molecule has 1 saturated carbocycles. The number of anilines is 1. The number of amides is 1. The topological polar surface area (TPSA) is 94.1 Å². The van der Waals surface area contributed by atoms with E-state index in [0.29, 0.717) is 17.4 Å². The van der Waals surface area contributed by atoms with E-state index in [9.17, 15) is 15.0 Å². The minimum atomic E-state index is -1.02. The van der Waals surface area contributed by atoms with Crippen LogP contribution in [0.5, 0.6) is 5.75 Å². The van der Waals surface area contributed by atoms with E-state index in [-0.39, 0.29) is 12.3 Å². The van der Waals surface area contributed by atoms with Gasteiger partial charge in [-0.25, -0.2) is 0 Å². The first-order valence-corrected chi connectivity index (χ1v) is 10.7. The number of aliphatic hydroxyl groups excluding tert-OH is 2. The van der Waals surface area contributed by atoms with Crippen LogP contribution in [0.4, 0.5) is 5.69 Å². The Morgan fingerprint density at radius 3 is 2.65 bits per heavy atom. The Balaban J connectivity index is 1.59. The summed E-state index contributed by atoms with van der Waals surface area (Å²) in [5, 5.41) is 27.6. The van der Waals surface area contributed by atoms with Crippen LogP contribution in [0, 0.1) is 12.8 Å². The molecular formula is C23H27N3O4S. The molecule has 7 nitrogen and oxygen atoms in total. The van der Waals surface area contributed by atoms with Crippen LogP contribution in [0.15, 0.2) is 48.5 Å². The fourth-order valence-electron chi connectivity index (χ4n) is 4.51. The third-order valence-electron chi connectivity index (χ3n) is 6.14. The van der Waals surface area contributed by atoms with Gasteiger partial charge in [0.15, 0.2) is 5.11 Å². The van der Waals surface area contributed by atoms with Gasteiger partial charge in [0.05, 0.1) is 31.2 Å². The van der Waals surface area contributed by atoms with Crippen molar-refractivity contribution in [2.24, 2.45) is 5.92 Å². The van der Waals surface area contributed by atoms with Crippen LogP contribution in [-0.2, 0) is 11.3 Å². The molecule has 1 aliphatic carbocycles. The number of thiocarbonyl (C=S) groups is 1. The molecule has 1 amide bonds. The van der Waals surface area contributed by atoms with Crippen molar-refractivity contribution in [3.05, 3.63) is 59.7 Å². The van der Waals surface area contributed by atoms with E-state index >= 15 is 0 Å². The molecule has 1 saturated heterocycles. The standard InChI is InChI=1S/C23H27N3O4S/c1-13-7-9-15(10-8-13)26-20-16(11-17(27)21(28)19(20)25-23(26)31)22(29)24-12-14-5-3-4-6-18(14)30-2/h3-10,16-17,19-21,27-28H,11-12H2,1-2H3,(H,24,29)(H,25,31)/t16-,17-,19-,20-,21+/m1/s1. The summed E-state index contributed by atoms with van der Waals surface area (Å²) in [6, 6.07) is 14.4. The number of rotatable bonds is 5. The van der Waals surface area contributed by atoms with Crippen molar-refractivity contribution in [2.45, 2.75) is 44.2 Å². The number of nitrogens with zero attached hydrogens (tertiary/aromatic N) is 1. The van der Waals surface area contributed by atoms with Gasteiger partial charge in [0.2, 0.25) is 5.91 Å². The fraction of sp³-hybridized carbons (Fsp3) is 0.391. The van der Waals surface area contributed by atoms with Crippen LogP contribution in [0.25, 0.3) is 0 Å². The molecule has 0 aromatic heterocycles. The normalized spacial score (nSPS) is 27.4.